The molecule has 0 radical (unpaired) electrons. The van der Waals surface area contributed by atoms with Crippen LogP contribution < -0.4 is 15.9 Å². The molecule has 1 saturated heterocycles. The van der Waals surface area contributed by atoms with Gasteiger partial charge in [-0.25, -0.2) is 0 Å². The van der Waals surface area contributed by atoms with E-state index in [0.717, 1.165) is 45.4 Å². The Balaban J connectivity index is 1.78. The zero-order chi connectivity index (χ0) is 23.6. The van der Waals surface area contributed by atoms with Gasteiger partial charge < -0.3 is 9.47 Å². The molecule has 1 aliphatic rings. The Morgan fingerprint density at radius 3 is 1.76 bits per heavy atom. The van der Waals surface area contributed by atoms with Gasteiger partial charge in [-0.2, -0.15) is 0 Å². The predicted molar refractivity (Wildman–Crippen MR) is 142 cm³/mol. The quantitative estimate of drug-likeness (QED) is 0.329. The summed E-state index contributed by atoms with van der Waals surface area (Å²) in [6.45, 7) is 6.55. The highest BCUT2D eigenvalue weighted by Crippen LogP contribution is 2.57. The molecule has 1 aliphatic heterocycles. The molecule has 0 N–H and O–H groups in total. The standard InChI is InChI=1S/C29H35NO3P/c1-2-33-29(31)25(18-19-30-20-22-32-23-21-30)24-34(26-12-6-3-7-13-26,27-14-8-4-9-15-27)28-16-10-5-11-17-28/h3-17,25H,2,18-24H2,1H3/q+1. The van der Waals surface area contributed by atoms with Crippen molar-refractivity contribution in [1.29, 1.82) is 0 Å². The Morgan fingerprint density at radius 2 is 1.32 bits per heavy atom. The maximum atomic E-state index is 13.3. The highest BCUT2D eigenvalue weighted by molar-refractivity contribution is 7.95. The van der Waals surface area contributed by atoms with Crippen molar-refractivity contribution in [3.8, 4) is 0 Å². The van der Waals surface area contributed by atoms with E-state index in [-0.39, 0.29) is 11.9 Å². The smallest absolute Gasteiger partial charge is 0.312 e. The largest absolute Gasteiger partial charge is 0.466 e. The number of hydrogen-bond donors (Lipinski definition) is 0. The van der Waals surface area contributed by atoms with Gasteiger partial charge in [0.1, 0.15) is 23.2 Å². The van der Waals surface area contributed by atoms with Gasteiger partial charge in [0.25, 0.3) is 0 Å². The molecule has 0 aliphatic carbocycles. The Labute approximate surface area is 204 Å². The van der Waals surface area contributed by atoms with Crippen molar-refractivity contribution in [2.24, 2.45) is 5.92 Å². The van der Waals surface area contributed by atoms with Crippen molar-refractivity contribution in [3.63, 3.8) is 0 Å². The summed E-state index contributed by atoms with van der Waals surface area (Å²) in [5, 5.41) is 3.90. The van der Waals surface area contributed by atoms with Crippen LogP contribution in [0.15, 0.2) is 91.0 Å². The van der Waals surface area contributed by atoms with E-state index < -0.39 is 7.26 Å². The number of carbonyl (C=O) groups excluding carboxylic acids is 1. The van der Waals surface area contributed by atoms with Crippen LogP contribution in [0.4, 0.5) is 0 Å². The van der Waals surface area contributed by atoms with Crippen molar-refractivity contribution < 1.29 is 14.3 Å². The first-order chi connectivity index (χ1) is 16.7. The molecule has 0 bridgehead atoms. The predicted octanol–water partition coefficient (Wildman–Crippen LogP) is 3.88. The van der Waals surface area contributed by atoms with Gasteiger partial charge >= 0.3 is 5.97 Å². The monoisotopic (exact) mass is 476 g/mol. The van der Waals surface area contributed by atoms with Crippen molar-refractivity contribution in [1.82, 2.24) is 4.90 Å². The second kappa shape index (κ2) is 12.3. The van der Waals surface area contributed by atoms with E-state index in [1.54, 1.807) is 0 Å². The summed E-state index contributed by atoms with van der Waals surface area (Å²) < 4.78 is 11.2. The fraction of sp³-hybridized carbons (Fsp3) is 0.345. The molecule has 1 unspecified atom stereocenters. The van der Waals surface area contributed by atoms with E-state index in [4.69, 9.17) is 9.47 Å². The summed E-state index contributed by atoms with van der Waals surface area (Å²) >= 11 is 0. The molecule has 4 rings (SSSR count). The minimum absolute atomic E-state index is 0.0806. The molecule has 0 amide bonds. The summed E-state index contributed by atoms with van der Waals surface area (Å²) in [5.74, 6) is -0.264. The van der Waals surface area contributed by atoms with E-state index in [2.05, 4.69) is 95.9 Å². The molecule has 5 heteroatoms. The van der Waals surface area contributed by atoms with Gasteiger partial charge in [-0.15, -0.1) is 0 Å². The van der Waals surface area contributed by atoms with E-state index in [9.17, 15) is 4.79 Å². The number of esters is 1. The lowest BCUT2D eigenvalue weighted by molar-refractivity contribution is -0.147. The fourth-order valence-electron chi connectivity index (χ4n) is 4.85. The number of morpholine rings is 1. The lowest BCUT2D eigenvalue weighted by Crippen LogP contribution is -2.41. The first kappa shape index (κ1) is 24.6. The lowest BCUT2D eigenvalue weighted by Gasteiger charge is -2.32. The minimum Gasteiger partial charge on any atom is -0.466 e. The zero-order valence-electron chi connectivity index (χ0n) is 20.0. The molecule has 178 valence electrons. The maximum Gasteiger partial charge on any atom is 0.312 e. The number of rotatable bonds is 10. The minimum atomic E-state index is -2.10. The molecule has 3 aromatic rings. The molecule has 0 saturated carbocycles. The van der Waals surface area contributed by atoms with Crippen molar-refractivity contribution in [2.45, 2.75) is 13.3 Å². The molecular formula is C29H35NO3P+. The van der Waals surface area contributed by atoms with Gasteiger partial charge in [0.15, 0.2) is 0 Å². The summed E-state index contributed by atoms with van der Waals surface area (Å²) in [6.07, 6.45) is 1.54. The number of ether oxygens (including phenoxy) is 2. The molecule has 4 nitrogen and oxygen atoms in total. The van der Waals surface area contributed by atoms with Gasteiger partial charge in [0.2, 0.25) is 0 Å². The summed E-state index contributed by atoms with van der Waals surface area (Å²) in [6, 6.07) is 32.3. The number of carbonyl (C=O) groups is 1. The average Bonchev–Trinajstić information content (AvgIpc) is 2.91. The van der Waals surface area contributed by atoms with Gasteiger partial charge in [0.05, 0.1) is 31.9 Å². The Morgan fingerprint density at radius 1 is 0.853 bits per heavy atom. The number of benzene rings is 3. The summed E-state index contributed by atoms with van der Waals surface area (Å²) in [7, 11) is -2.10. The number of hydrogen-bond acceptors (Lipinski definition) is 4. The maximum absolute atomic E-state index is 13.3. The molecule has 0 spiro atoms. The van der Waals surface area contributed by atoms with Gasteiger partial charge in [-0.1, -0.05) is 54.6 Å². The van der Waals surface area contributed by atoms with Gasteiger partial charge in [0, 0.05) is 13.1 Å². The average molecular weight is 477 g/mol. The third-order valence-electron chi connectivity index (χ3n) is 6.60. The second-order valence-corrected chi connectivity index (χ2v) is 12.2. The SMILES string of the molecule is CCOC(=O)C(CCN1CCOCC1)C[P+](c1ccccc1)(c1ccccc1)c1ccccc1. The van der Waals surface area contributed by atoms with Crippen LogP contribution in [0.25, 0.3) is 0 Å². The van der Waals surface area contributed by atoms with Crippen LogP contribution in [0.2, 0.25) is 0 Å². The Bertz CT molecular complexity index is 911. The third-order valence-corrected chi connectivity index (χ3v) is 11.1. The molecule has 3 aromatic carbocycles. The second-order valence-electron chi connectivity index (χ2n) is 8.69. The van der Waals surface area contributed by atoms with Crippen LogP contribution in [-0.2, 0) is 14.3 Å². The van der Waals surface area contributed by atoms with E-state index in [0.29, 0.717) is 6.61 Å². The third kappa shape index (κ3) is 5.75. The van der Waals surface area contributed by atoms with E-state index >= 15 is 0 Å². The van der Waals surface area contributed by atoms with Crippen LogP contribution in [0.5, 0.6) is 0 Å². The van der Waals surface area contributed by atoms with Crippen molar-refractivity contribution in [2.75, 3.05) is 45.6 Å². The van der Waals surface area contributed by atoms with E-state index in [1.165, 1.54) is 15.9 Å². The van der Waals surface area contributed by atoms with Crippen molar-refractivity contribution >= 4 is 29.1 Å². The lowest BCUT2D eigenvalue weighted by atomic mass is 10.1. The first-order valence-electron chi connectivity index (χ1n) is 12.3. The van der Waals surface area contributed by atoms with Crippen molar-refractivity contribution in [3.05, 3.63) is 91.0 Å². The van der Waals surface area contributed by atoms with Crippen LogP contribution in [-0.4, -0.2) is 56.5 Å². The van der Waals surface area contributed by atoms with Crippen LogP contribution in [0.3, 0.4) is 0 Å². The van der Waals surface area contributed by atoms with Gasteiger partial charge in [-0.05, 0) is 56.3 Å². The summed E-state index contributed by atoms with van der Waals surface area (Å²) in [5.41, 5.74) is 0. The first-order valence-corrected chi connectivity index (χ1v) is 14.2. The summed E-state index contributed by atoms with van der Waals surface area (Å²) in [4.78, 5) is 15.7. The highest BCUT2D eigenvalue weighted by Gasteiger charge is 2.48. The van der Waals surface area contributed by atoms with Crippen LogP contribution in [0.1, 0.15) is 13.3 Å². The van der Waals surface area contributed by atoms with Crippen LogP contribution >= 0.6 is 7.26 Å². The highest BCUT2D eigenvalue weighted by atomic mass is 31.2. The Kier molecular flexibility index (Phi) is 8.87. The van der Waals surface area contributed by atoms with Crippen LogP contribution in [0, 0.1) is 5.92 Å². The topological polar surface area (TPSA) is 38.8 Å². The van der Waals surface area contributed by atoms with E-state index in [1.807, 2.05) is 6.92 Å². The number of nitrogens with zero attached hydrogens (tertiary/aromatic N) is 1. The molecule has 1 atom stereocenters. The fourth-order valence-corrected chi connectivity index (χ4v) is 9.41. The zero-order valence-corrected chi connectivity index (χ0v) is 20.9. The normalized spacial score (nSPS) is 15.6. The molecule has 34 heavy (non-hydrogen) atoms. The van der Waals surface area contributed by atoms with Gasteiger partial charge in [-0.3, -0.25) is 9.69 Å². The Hall–Kier alpha value is -2.52. The molecule has 1 heterocycles. The molecule has 1 fully saturated rings. The molecule has 0 aromatic heterocycles. The molecular weight excluding hydrogens is 441 g/mol.